The summed E-state index contributed by atoms with van der Waals surface area (Å²) in [5.74, 6) is -0.389. The highest BCUT2D eigenvalue weighted by atomic mass is 35.5. The second kappa shape index (κ2) is 5.68. The van der Waals surface area contributed by atoms with Crippen LogP contribution in [0.5, 0.6) is 0 Å². The van der Waals surface area contributed by atoms with Crippen LogP contribution in [0.4, 0.5) is 11.5 Å². The fourth-order valence-electron chi connectivity index (χ4n) is 1.53. The van der Waals surface area contributed by atoms with E-state index in [1.165, 1.54) is 36.5 Å². The van der Waals surface area contributed by atoms with Gasteiger partial charge in [0.15, 0.2) is 0 Å². The highest BCUT2D eigenvalue weighted by Gasteiger charge is 2.12. The van der Waals surface area contributed by atoms with E-state index in [2.05, 4.69) is 10.3 Å². The number of nitrogens with one attached hydrogen (secondary N) is 1. The Hall–Kier alpha value is -2.16. The average molecular weight is 327 g/mol. The van der Waals surface area contributed by atoms with Gasteiger partial charge in [-0.15, -0.1) is 0 Å². The Kier molecular flexibility index (Phi) is 4.12. The Labute approximate surface area is 126 Å². The molecule has 0 bridgehead atoms. The van der Waals surface area contributed by atoms with Gasteiger partial charge < -0.3 is 11.1 Å². The SMILES string of the molecule is Nc1ncc(C(=O)Nc2cccc(S(N)(=O)=O)c2)cc1Cl. The predicted octanol–water partition coefficient (Wildman–Crippen LogP) is 1.22. The van der Waals surface area contributed by atoms with Gasteiger partial charge in [-0.1, -0.05) is 17.7 Å². The minimum absolute atomic E-state index is 0.103. The normalized spacial score (nSPS) is 11.1. The van der Waals surface area contributed by atoms with E-state index in [0.29, 0.717) is 0 Å². The maximum absolute atomic E-state index is 12.0. The molecule has 0 spiro atoms. The fraction of sp³-hybridized carbons (Fsp3) is 0. The molecule has 0 saturated heterocycles. The Bertz CT molecular complexity index is 808. The number of amides is 1. The molecule has 2 rings (SSSR count). The van der Waals surface area contributed by atoms with Gasteiger partial charge in [0.1, 0.15) is 5.82 Å². The van der Waals surface area contributed by atoms with E-state index in [1.807, 2.05) is 0 Å². The van der Waals surface area contributed by atoms with Crippen LogP contribution in [0.1, 0.15) is 10.4 Å². The Morgan fingerprint density at radius 3 is 2.62 bits per heavy atom. The minimum Gasteiger partial charge on any atom is -0.382 e. The molecule has 5 N–H and O–H groups in total. The van der Waals surface area contributed by atoms with Gasteiger partial charge >= 0.3 is 0 Å². The first-order valence-electron chi connectivity index (χ1n) is 5.62. The van der Waals surface area contributed by atoms with Crippen LogP contribution < -0.4 is 16.2 Å². The van der Waals surface area contributed by atoms with Crippen LogP contribution in [0.3, 0.4) is 0 Å². The van der Waals surface area contributed by atoms with E-state index in [-0.39, 0.29) is 27.0 Å². The van der Waals surface area contributed by atoms with Gasteiger partial charge in [-0.2, -0.15) is 0 Å². The third kappa shape index (κ3) is 3.69. The molecule has 0 aliphatic heterocycles. The summed E-state index contributed by atoms with van der Waals surface area (Å²) in [6.07, 6.45) is 1.26. The number of sulfonamides is 1. The number of nitrogens with two attached hydrogens (primary N) is 2. The molecule has 0 atom stereocenters. The van der Waals surface area contributed by atoms with Crippen LogP contribution in [0.2, 0.25) is 5.02 Å². The second-order valence-electron chi connectivity index (χ2n) is 4.12. The van der Waals surface area contributed by atoms with Gasteiger partial charge in [0, 0.05) is 11.9 Å². The van der Waals surface area contributed by atoms with Crippen LogP contribution in [-0.2, 0) is 10.0 Å². The summed E-state index contributed by atoms with van der Waals surface area (Å²) in [5, 5.41) is 7.69. The molecule has 0 aliphatic carbocycles. The van der Waals surface area contributed by atoms with Crippen molar-refractivity contribution in [2.45, 2.75) is 4.90 Å². The highest BCUT2D eigenvalue weighted by Crippen LogP contribution is 2.19. The van der Waals surface area contributed by atoms with E-state index in [1.54, 1.807) is 0 Å². The van der Waals surface area contributed by atoms with Crippen molar-refractivity contribution in [3.8, 4) is 0 Å². The molecule has 0 fully saturated rings. The van der Waals surface area contributed by atoms with Crippen molar-refractivity contribution in [2.75, 3.05) is 11.1 Å². The lowest BCUT2D eigenvalue weighted by atomic mass is 10.2. The molecule has 0 saturated carbocycles. The number of hydrogen-bond acceptors (Lipinski definition) is 5. The summed E-state index contributed by atoms with van der Waals surface area (Å²) < 4.78 is 22.5. The molecular weight excluding hydrogens is 316 g/mol. The zero-order chi connectivity index (χ0) is 15.6. The number of carbonyl (C=O) groups is 1. The summed E-state index contributed by atoms with van der Waals surface area (Å²) >= 11 is 5.78. The van der Waals surface area contributed by atoms with Gasteiger partial charge in [-0.3, -0.25) is 4.79 Å². The zero-order valence-corrected chi connectivity index (χ0v) is 12.1. The summed E-state index contributed by atoms with van der Waals surface area (Å²) in [5.41, 5.74) is 5.92. The van der Waals surface area contributed by atoms with Gasteiger partial charge in [-0.25, -0.2) is 18.5 Å². The Morgan fingerprint density at radius 1 is 1.29 bits per heavy atom. The largest absolute Gasteiger partial charge is 0.382 e. The monoisotopic (exact) mass is 326 g/mol. The number of pyridine rings is 1. The zero-order valence-electron chi connectivity index (χ0n) is 10.6. The number of rotatable bonds is 3. The third-order valence-electron chi connectivity index (χ3n) is 2.55. The van der Waals surface area contributed by atoms with Crippen molar-refractivity contribution in [3.05, 3.63) is 47.1 Å². The van der Waals surface area contributed by atoms with Crippen molar-refractivity contribution < 1.29 is 13.2 Å². The third-order valence-corrected chi connectivity index (χ3v) is 3.77. The van der Waals surface area contributed by atoms with Gasteiger partial charge in [0.2, 0.25) is 10.0 Å². The topological polar surface area (TPSA) is 128 Å². The molecule has 2 aromatic rings. The van der Waals surface area contributed by atoms with E-state index in [9.17, 15) is 13.2 Å². The lowest BCUT2D eigenvalue weighted by Crippen LogP contribution is -2.15. The van der Waals surface area contributed by atoms with Crippen molar-refractivity contribution in [2.24, 2.45) is 5.14 Å². The smallest absolute Gasteiger partial charge is 0.257 e. The summed E-state index contributed by atoms with van der Waals surface area (Å²) in [7, 11) is -3.84. The Morgan fingerprint density at radius 2 is 2.00 bits per heavy atom. The van der Waals surface area contributed by atoms with Crippen molar-refractivity contribution in [1.82, 2.24) is 4.98 Å². The lowest BCUT2D eigenvalue weighted by molar-refractivity contribution is 0.102. The summed E-state index contributed by atoms with van der Waals surface area (Å²) in [4.78, 5) is 15.7. The maximum Gasteiger partial charge on any atom is 0.257 e. The number of hydrogen-bond donors (Lipinski definition) is 3. The van der Waals surface area contributed by atoms with Gasteiger partial charge in [-0.05, 0) is 24.3 Å². The van der Waals surface area contributed by atoms with Crippen LogP contribution in [0.15, 0.2) is 41.4 Å². The highest BCUT2D eigenvalue weighted by molar-refractivity contribution is 7.89. The summed E-state index contributed by atoms with van der Waals surface area (Å²) in [6.45, 7) is 0. The van der Waals surface area contributed by atoms with Crippen molar-refractivity contribution in [3.63, 3.8) is 0 Å². The predicted molar refractivity (Wildman–Crippen MR) is 79.4 cm³/mol. The number of halogens is 1. The van der Waals surface area contributed by atoms with Gasteiger partial charge in [0.25, 0.3) is 5.91 Å². The molecule has 1 aromatic carbocycles. The first kappa shape index (κ1) is 15.2. The van der Waals surface area contributed by atoms with E-state index >= 15 is 0 Å². The number of nitrogen functional groups attached to an aromatic ring is 1. The molecule has 1 aromatic heterocycles. The quantitative estimate of drug-likeness (QED) is 0.781. The number of aromatic nitrogens is 1. The maximum atomic E-state index is 12.0. The molecule has 0 radical (unpaired) electrons. The summed E-state index contributed by atoms with van der Waals surface area (Å²) in [6, 6.07) is 6.93. The van der Waals surface area contributed by atoms with E-state index in [4.69, 9.17) is 22.5 Å². The van der Waals surface area contributed by atoms with E-state index in [0.717, 1.165) is 0 Å². The van der Waals surface area contributed by atoms with Gasteiger partial charge in [0.05, 0.1) is 15.5 Å². The number of primary sulfonamides is 1. The first-order chi connectivity index (χ1) is 9.77. The van der Waals surface area contributed by atoms with Crippen LogP contribution >= 0.6 is 11.6 Å². The molecule has 1 heterocycles. The molecule has 7 nitrogen and oxygen atoms in total. The average Bonchev–Trinajstić information content (AvgIpc) is 2.41. The number of anilines is 2. The molecule has 110 valence electrons. The van der Waals surface area contributed by atoms with E-state index < -0.39 is 15.9 Å². The molecule has 21 heavy (non-hydrogen) atoms. The molecule has 9 heteroatoms. The minimum atomic E-state index is -3.84. The fourth-order valence-corrected chi connectivity index (χ4v) is 2.25. The first-order valence-corrected chi connectivity index (χ1v) is 7.55. The number of carbonyl (C=O) groups excluding carboxylic acids is 1. The number of benzene rings is 1. The molecular formula is C12H11ClN4O3S. The lowest BCUT2D eigenvalue weighted by Gasteiger charge is -2.07. The molecule has 0 unspecified atom stereocenters. The Balaban J connectivity index is 2.25. The number of nitrogens with zero attached hydrogens (tertiary/aromatic N) is 1. The molecule has 1 amide bonds. The standard InChI is InChI=1S/C12H11ClN4O3S/c13-10-4-7(6-16-11(10)14)12(18)17-8-2-1-3-9(5-8)21(15,19)20/h1-6H,(H2,14,16)(H,17,18)(H2,15,19,20). The van der Waals surface area contributed by atoms with Crippen LogP contribution in [-0.4, -0.2) is 19.3 Å². The molecule has 0 aliphatic rings. The second-order valence-corrected chi connectivity index (χ2v) is 6.09. The van der Waals surface area contributed by atoms with Crippen LogP contribution in [0, 0.1) is 0 Å². The van der Waals surface area contributed by atoms with Crippen molar-refractivity contribution in [1.29, 1.82) is 0 Å². The van der Waals surface area contributed by atoms with Crippen molar-refractivity contribution >= 4 is 39.0 Å². The van der Waals surface area contributed by atoms with Crippen LogP contribution in [0.25, 0.3) is 0 Å².